The summed E-state index contributed by atoms with van der Waals surface area (Å²) in [5.41, 5.74) is 6.80. The fraction of sp³-hybridized carbons (Fsp3) is 0.300. The van der Waals surface area contributed by atoms with Crippen molar-refractivity contribution in [2.45, 2.75) is 39.8 Å². The first-order valence-electron chi connectivity index (χ1n) is 8.95. The number of anilines is 1. The lowest BCUT2D eigenvalue weighted by atomic mass is 10.1. The number of alkyl carbamates (subject to hydrolysis) is 1. The molecule has 0 saturated carbocycles. The molecule has 9 heteroatoms. The number of hydrogen-bond acceptors (Lipinski definition) is 6. The second-order valence-electron chi connectivity index (χ2n) is 7.81. The molecule has 0 bridgehead atoms. The minimum atomic E-state index is -0.646. The Morgan fingerprint density at radius 2 is 1.83 bits per heavy atom. The zero-order chi connectivity index (χ0) is 21.5. The van der Waals surface area contributed by atoms with Gasteiger partial charge in [-0.3, -0.25) is 24.3 Å². The lowest BCUT2D eigenvalue weighted by Crippen LogP contribution is -2.32. The fourth-order valence-electron chi connectivity index (χ4n) is 3.11. The maximum Gasteiger partial charge on any atom is 0.407 e. The van der Waals surface area contributed by atoms with Crippen LogP contribution in [0.5, 0.6) is 0 Å². The Balaban J connectivity index is 1.96. The van der Waals surface area contributed by atoms with Crippen LogP contribution in [0, 0.1) is 6.92 Å². The number of nitrogens with two attached hydrogens (primary N) is 1. The average Bonchev–Trinajstić information content (AvgIpc) is 2.85. The summed E-state index contributed by atoms with van der Waals surface area (Å²) in [6.07, 6.45) is -0.565. The standard InChI is InChI=1S/C20H22N4O5/c1-10-5-11(9-22-19(28)29-20(2,3)4)7-12(6-10)24-14(25)8-13-15(16(24)21)18(27)23-17(13)26/h5-8H,9,21H2,1-4H3,(H,22,28)(H,23,26,27). The molecule has 1 aliphatic rings. The molecule has 9 nitrogen and oxygen atoms in total. The van der Waals surface area contributed by atoms with Gasteiger partial charge in [0.05, 0.1) is 16.8 Å². The van der Waals surface area contributed by atoms with E-state index < -0.39 is 29.1 Å². The first-order valence-corrected chi connectivity index (χ1v) is 8.95. The van der Waals surface area contributed by atoms with Gasteiger partial charge >= 0.3 is 6.09 Å². The summed E-state index contributed by atoms with van der Waals surface area (Å²) in [7, 11) is 0. The Hall–Kier alpha value is -3.62. The van der Waals surface area contributed by atoms with Crippen LogP contribution < -0.4 is 21.9 Å². The van der Waals surface area contributed by atoms with Crippen LogP contribution in [0.1, 0.15) is 52.6 Å². The molecule has 0 saturated heterocycles. The Kier molecular flexibility index (Phi) is 4.91. The quantitative estimate of drug-likeness (QED) is 0.673. The normalized spacial score (nSPS) is 13.1. The van der Waals surface area contributed by atoms with Crippen molar-refractivity contribution >= 4 is 23.7 Å². The molecule has 0 unspecified atom stereocenters. The Labute approximate surface area is 166 Å². The third-order valence-electron chi connectivity index (χ3n) is 4.17. The summed E-state index contributed by atoms with van der Waals surface area (Å²) >= 11 is 0. The smallest absolute Gasteiger partial charge is 0.407 e. The largest absolute Gasteiger partial charge is 0.444 e. The van der Waals surface area contributed by atoms with Crippen LogP contribution in [0.4, 0.5) is 10.6 Å². The van der Waals surface area contributed by atoms with E-state index >= 15 is 0 Å². The van der Waals surface area contributed by atoms with Gasteiger partial charge in [-0.1, -0.05) is 6.07 Å². The maximum absolute atomic E-state index is 12.6. The zero-order valence-electron chi connectivity index (χ0n) is 16.6. The number of nitrogens with one attached hydrogen (secondary N) is 2. The zero-order valence-corrected chi connectivity index (χ0v) is 16.6. The van der Waals surface area contributed by atoms with E-state index in [0.717, 1.165) is 11.6 Å². The summed E-state index contributed by atoms with van der Waals surface area (Å²) < 4.78 is 6.38. The van der Waals surface area contributed by atoms with Crippen molar-refractivity contribution in [2.75, 3.05) is 5.73 Å². The van der Waals surface area contributed by atoms with Crippen LogP contribution in [0.15, 0.2) is 29.1 Å². The number of imide groups is 1. The van der Waals surface area contributed by atoms with E-state index in [1.54, 1.807) is 32.9 Å². The molecule has 1 aromatic heterocycles. The number of benzene rings is 1. The number of carbonyl (C=O) groups excluding carboxylic acids is 3. The van der Waals surface area contributed by atoms with Gasteiger partial charge in [-0.15, -0.1) is 0 Å². The van der Waals surface area contributed by atoms with Crippen LogP contribution >= 0.6 is 0 Å². The van der Waals surface area contributed by atoms with E-state index in [4.69, 9.17) is 10.5 Å². The van der Waals surface area contributed by atoms with Gasteiger partial charge < -0.3 is 15.8 Å². The van der Waals surface area contributed by atoms with Gasteiger partial charge in [-0.05, 0) is 51.0 Å². The Morgan fingerprint density at radius 3 is 2.48 bits per heavy atom. The van der Waals surface area contributed by atoms with Crippen molar-refractivity contribution < 1.29 is 19.1 Å². The number of pyridine rings is 1. The molecule has 1 aliphatic heterocycles. The van der Waals surface area contributed by atoms with Crippen molar-refractivity contribution in [3.63, 3.8) is 0 Å². The van der Waals surface area contributed by atoms with E-state index in [1.807, 2.05) is 13.0 Å². The van der Waals surface area contributed by atoms with Crippen LogP contribution in [-0.4, -0.2) is 28.1 Å². The summed E-state index contributed by atoms with van der Waals surface area (Å²) in [6, 6.07) is 6.32. The van der Waals surface area contributed by atoms with Gasteiger partial charge in [0.1, 0.15) is 11.4 Å². The van der Waals surface area contributed by atoms with Crippen molar-refractivity contribution in [2.24, 2.45) is 0 Å². The predicted octanol–water partition coefficient (Wildman–Crippen LogP) is 1.64. The van der Waals surface area contributed by atoms with Gasteiger partial charge in [0.15, 0.2) is 0 Å². The van der Waals surface area contributed by atoms with Gasteiger partial charge in [0.25, 0.3) is 17.4 Å². The van der Waals surface area contributed by atoms with Crippen molar-refractivity contribution in [1.29, 1.82) is 0 Å². The predicted molar refractivity (Wildman–Crippen MR) is 106 cm³/mol. The number of nitrogens with zero attached hydrogens (tertiary/aromatic N) is 1. The van der Waals surface area contributed by atoms with Crippen LogP contribution in [0.25, 0.3) is 5.69 Å². The van der Waals surface area contributed by atoms with Crippen molar-refractivity contribution in [3.05, 3.63) is 56.9 Å². The molecule has 3 rings (SSSR count). The number of carbonyl (C=O) groups is 3. The molecule has 0 fully saturated rings. The second kappa shape index (κ2) is 7.08. The highest BCUT2D eigenvalue weighted by atomic mass is 16.6. The average molecular weight is 398 g/mol. The molecule has 0 atom stereocenters. The Bertz CT molecular complexity index is 1100. The van der Waals surface area contributed by atoms with E-state index in [1.165, 1.54) is 4.57 Å². The molecular formula is C20H22N4O5. The number of hydrogen-bond donors (Lipinski definition) is 3. The van der Waals surface area contributed by atoms with Gasteiger partial charge in [-0.2, -0.15) is 0 Å². The van der Waals surface area contributed by atoms with Crippen LogP contribution in [0.2, 0.25) is 0 Å². The van der Waals surface area contributed by atoms with E-state index in [9.17, 15) is 19.2 Å². The van der Waals surface area contributed by atoms with Gasteiger partial charge in [0, 0.05) is 12.6 Å². The third-order valence-corrected chi connectivity index (χ3v) is 4.17. The molecule has 3 amide bonds. The van der Waals surface area contributed by atoms with E-state index in [0.29, 0.717) is 11.3 Å². The highest BCUT2D eigenvalue weighted by molar-refractivity contribution is 6.23. The number of ether oxygens (including phenoxy) is 1. The molecule has 152 valence electrons. The lowest BCUT2D eigenvalue weighted by Gasteiger charge is -2.20. The number of aromatic nitrogens is 1. The monoisotopic (exact) mass is 398 g/mol. The molecule has 1 aromatic carbocycles. The second-order valence-corrected chi connectivity index (χ2v) is 7.81. The summed E-state index contributed by atoms with van der Waals surface area (Å²) in [5, 5.41) is 4.79. The summed E-state index contributed by atoms with van der Waals surface area (Å²) in [5.74, 6) is -1.41. The maximum atomic E-state index is 12.6. The van der Waals surface area contributed by atoms with Gasteiger partial charge in [-0.25, -0.2) is 4.79 Å². The summed E-state index contributed by atoms with van der Waals surface area (Å²) in [6.45, 7) is 7.29. The lowest BCUT2D eigenvalue weighted by molar-refractivity contribution is 0.0523. The van der Waals surface area contributed by atoms with E-state index in [2.05, 4.69) is 10.6 Å². The molecule has 0 aliphatic carbocycles. The molecule has 0 spiro atoms. The molecular weight excluding hydrogens is 376 g/mol. The van der Waals surface area contributed by atoms with Crippen molar-refractivity contribution in [3.8, 4) is 5.69 Å². The minimum Gasteiger partial charge on any atom is -0.444 e. The first kappa shape index (κ1) is 20.1. The number of fused-ring (bicyclic) bond motifs is 1. The van der Waals surface area contributed by atoms with Crippen molar-refractivity contribution in [1.82, 2.24) is 15.2 Å². The molecule has 2 heterocycles. The fourth-order valence-corrected chi connectivity index (χ4v) is 3.11. The molecule has 29 heavy (non-hydrogen) atoms. The van der Waals surface area contributed by atoms with Gasteiger partial charge in [0.2, 0.25) is 0 Å². The highest BCUT2D eigenvalue weighted by Gasteiger charge is 2.31. The topological polar surface area (TPSA) is 133 Å². The number of rotatable bonds is 3. The molecule has 4 N–H and O–H groups in total. The van der Waals surface area contributed by atoms with Crippen LogP contribution in [-0.2, 0) is 11.3 Å². The minimum absolute atomic E-state index is 0.0236. The molecule has 2 aromatic rings. The first-order chi connectivity index (χ1) is 13.5. The summed E-state index contributed by atoms with van der Waals surface area (Å²) in [4.78, 5) is 48.3. The third kappa shape index (κ3) is 4.13. The number of amides is 3. The van der Waals surface area contributed by atoms with Crippen LogP contribution in [0.3, 0.4) is 0 Å². The number of aryl methyl sites for hydroxylation is 1. The number of nitrogen functional groups attached to an aromatic ring is 1. The molecule has 0 radical (unpaired) electrons. The van der Waals surface area contributed by atoms with E-state index in [-0.39, 0.29) is 23.5 Å². The SMILES string of the molecule is Cc1cc(CNC(=O)OC(C)(C)C)cc(-n2c(N)c3c(cc2=O)C(=O)NC3=O)c1. The highest BCUT2D eigenvalue weighted by Crippen LogP contribution is 2.24. The Morgan fingerprint density at radius 1 is 1.14 bits per heavy atom.